The molecule has 3 rings (SSSR count). The van der Waals surface area contributed by atoms with E-state index in [2.05, 4.69) is 39.4 Å². The summed E-state index contributed by atoms with van der Waals surface area (Å²) in [6.45, 7) is 4.63. The van der Waals surface area contributed by atoms with Crippen LogP contribution in [0.1, 0.15) is 6.42 Å². The molecule has 0 unspecified atom stereocenters. The van der Waals surface area contributed by atoms with Crippen LogP contribution in [-0.2, 0) is 4.79 Å². The van der Waals surface area contributed by atoms with Crippen LogP contribution in [0.3, 0.4) is 0 Å². The second-order valence-electron chi connectivity index (χ2n) is 6.42. The number of nitrogens with two attached hydrogens (primary N) is 1. The molecule has 0 atom stereocenters. The number of rotatable bonds is 6. The van der Waals surface area contributed by atoms with Crippen molar-refractivity contribution in [3.05, 3.63) is 48.5 Å². The quantitative estimate of drug-likeness (QED) is 0.693. The van der Waals surface area contributed by atoms with Crippen LogP contribution in [0.5, 0.6) is 5.75 Å². The second kappa shape index (κ2) is 11.6. The molecule has 6 nitrogen and oxygen atoms in total. The largest absolute Gasteiger partial charge is 0.497 e. The smallest absolute Gasteiger partial charge is 0.225 e. The van der Waals surface area contributed by atoms with Crippen LogP contribution in [-0.4, -0.2) is 50.6 Å². The van der Waals surface area contributed by atoms with Crippen LogP contribution in [0.25, 0.3) is 0 Å². The van der Waals surface area contributed by atoms with Crippen molar-refractivity contribution in [2.45, 2.75) is 6.42 Å². The number of para-hydroxylation sites is 1. The maximum absolute atomic E-state index is 12.2. The zero-order valence-electron chi connectivity index (χ0n) is 16.0. The Kier molecular flexibility index (Phi) is 9.93. The molecule has 0 bridgehead atoms. The summed E-state index contributed by atoms with van der Waals surface area (Å²) in [6, 6.07) is 15.7. The molecule has 1 fully saturated rings. The average molecular weight is 427 g/mol. The summed E-state index contributed by atoms with van der Waals surface area (Å²) in [4.78, 5) is 17.0. The first-order valence-corrected chi connectivity index (χ1v) is 8.91. The van der Waals surface area contributed by atoms with Gasteiger partial charge < -0.3 is 20.7 Å². The predicted molar refractivity (Wildman–Crippen MR) is 120 cm³/mol. The lowest BCUT2D eigenvalue weighted by molar-refractivity contribution is -0.116. The number of anilines is 3. The Morgan fingerprint density at radius 2 is 1.75 bits per heavy atom. The van der Waals surface area contributed by atoms with Crippen molar-refractivity contribution in [3.63, 3.8) is 0 Å². The van der Waals surface area contributed by atoms with Crippen molar-refractivity contribution < 1.29 is 9.53 Å². The first-order chi connectivity index (χ1) is 12.7. The van der Waals surface area contributed by atoms with Crippen LogP contribution in [0.2, 0.25) is 0 Å². The van der Waals surface area contributed by atoms with Gasteiger partial charge >= 0.3 is 0 Å². The predicted octanol–water partition coefficient (Wildman–Crippen LogP) is 3.27. The molecule has 2 aromatic carbocycles. The second-order valence-corrected chi connectivity index (χ2v) is 6.42. The molecule has 1 heterocycles. The summed E-state index contributed by atoms with van der Waals surface area (Å²) in [5.74, 6) is 0.641. The zero-order chi connectivity index (χ0) is 18.4. The van der Waals surface area contributed by atoms with E-state index in [-0.39, 0.29) is 30.7 Å². The maximum atomic E-state index is 12.2. The van der Waals surface area contributed by atoms with E-state index >= 15 is 0 Å². The number of benzene rings is 2. The van der Waals surface area contributed by atoms with E-state index < -0.39 is 0 Å². The molecule has 1 aliphatic heterocycles. The van der Waals surface area contributed by atoms with E-state index in [1.807, 2.05) is 6.07 Å². The Morgan fingerprint density at radius 3 is 2.39 bits per heavy atom. The summed E-state index contributed by atoms with van der Waals surface area (Å²) in [7, 11) is 1.59. The average Bonchev–Trinajstić information content (AvgIpc) is 2.69. The maximum Gasteiger partial charge on any atom is 0.225 e. The first-order valence-electron chi connectivity index (χ1n) is 8.91. The summed E-state index contributed by atoms with van der Waals surface area (Å²) < 4.78 is 5.17. The number of amides is 1. The number of hydrogen-bond acceptors (Lipinski definition) is 5. The molecule has 154 valence electrons. The van der Waals surface area contributed by atoms with Crippen LogP contribution >= 0.6 is 24.8 Å². The third-order valence-electron chi connectivity index (χ3n) is 4.68. The van der Waals surface area contributed by atoms with Crippen LogP contribution < -0.4 is 20.7 Å². The highest BCUT2D eigenvalue weighted by Gasteiger charge is 2.17. The van der Waals surface area contributed by atoms with Gasteiger partial charge in [-0.3, -0.25) is 9.69 Å². The third kappa shape index (κ3) is 6.48. The fourth-order valence-corrected chi connectivity index (χ4v) is 3.11. The van der Waals surface area contributed by atoms with Crippen molar-refractivity contribution in [1.82, 2.24) is 4.90 Å². The number of carbonyl (C=O) groups is 1. The summed E-state index contributed by atoms with van der Waals surface area (Å²) in [5, 5.41) is 2.88. The van der Waals surface area contributed by atoms with E-state index in [4.69, 9.17) is 10.5 Å². The Morgan fingerprint density at radius 1 is 1.07 bits per heavy atom. The minimum absolute atomic E-state index is 0. The zero-order valence-corrected chi connectivity index (χ0v) is 17.6. The number of nitrogens with one attached hydrogen (secondary N) is 1. The number of piperazine rings is 1. The van der Waals surface area contributed by atoms with E-state index in [0.717, 1.165) is 32.7 Å². The van der Waals surface area contributed by atoms with Gasteiger partial charge in [-0.15, -0.1) is 24.8 Å². The van der Waals surface area contributed by atoms with E-state index in [9.17, 15) is 4.79 Å². The Balaban J connectivity index is 0.00000196. The minimum atomic E-state index is -0.0320. The number of halogens is 2. The van der Waals surface area contributed by atoms with Gasteiger partial charge in [0.15, 0.2) is 0 Å². The van der Waals surface area contributed by atoms with E-state index in [1.165, 1.54) is 5.69 Å². The van der Waals surface area contributed by atoms with Gasteiger partial charge in [-0.05, 0) is 24.3 Å². The Labute approximate surface area is 178 Å². The number of nitrogens with zero attached hydrogens (tertiary/aromatic N) is 2. The SMILES string of the molecule is COc1ccc(N)c(NC(=O)CCN2CCN(c3ccccc3)CC2)c1.Cl.Cl. The molecule has 0 spiro atoms. The number of hydrogen-bond donors (Lipinski definition) is 2. The van der Waals surface area contributed by atoms with E-state index in [0.29, 0.717) is 23.5 Å². The minimum Gasteiger partial charge on any atom is -0.497 e. The number of methoxy groups -OCH3 is 1. The molecule has 0 saturated carbocycles. The fourth-order valence-electron chi connectivity index (χ4n) is 3.11. The molecule has 1 aliphatic rings. The molecular formula is C20H28Cl2N4O2. The van der Waals surface area contributed by atoms with Crippen LogP contribution in [0.15, 0.2) is 48.5 Å². The Hall–Kier alpha value is -2.15. The van der Waals surface area contributed by atoms with Gasteiger partial charge in [-0.1, -0.05) is 18.2 Å². The highest BCUT2D eigenvalue weighted by molar-refractivity contribution is 5.94. The van der Waals surface area contributed by atoms with Gasteiger partial charge in [-0.25, -0.2) is 0 Å². The lowest BCUT2D eigenvalue weighted by atomic mass is 10.2. The van der Waals surface area contributed by atoms with Crippen LogP contribution in [0.4, 0.5) is 17.1 Å². The molecule has 0 radical (unpaired) electrons. The summed E-state index contributed by atoms with van der Waals surface area (Å²) >= 11 is 0. The highest BCUT2D eigenvalue weighted by Crippen LogP contribution is 2.24. The number of ether oxygens (including phenoxy) is 1. The van der Waals surface area contributed by atoms with Gasteiger partial charge in [0.05, 0.1) is 18.5 Å². The lowest BCUT2D eigenvalue weighted by Crippen LogP contribution is -2.47. The first kappa shape index (κ1) is 23.9. The molecule has 1 saturated heterocycles. The van der Waals surface area contributed by atoms with Gasteiger partial charge in [0.1, 0.15) is 5.75 Å². The Bertz CT molecular complexity index is 738. The molecule has 8 heteroatoms. The van der Waals surface area contributed by atoms with Crippen LogP contribution in [0, 0.1) is 0 Å². The number of carbonyl (C=O) groups excluding carboxylic acids is 1. The van der Waals surface area contributed by atoms with Crippen molar-refractivity contribution >= 4 is 47.8 Å². The van der Waals surface area contributed by atoms with Gasteiger partial charge in [0.25, 0.3) is 0 Å². The van der Waals surface area contributed by atoms with Crippen molar-refractivity contribution in [3.8, 4) is 5.75 Å². The molecule has 0 aliphatic carbocycles. The fraction of sp³-hybridized carbons (Fsp3) is 0.350. The van der Waals surface area contributed by atoms with Gasteiger partial charge in [0, 0.05) is 50.9 Å². The lowest BCUT2D eigenvalue weighted by Gasteiger charge is -2.36. The molecular weight excluding hydrogens is 399 g/mol. The molecule has 3 N–H and O–H groups in total. The van der Waals surface area contributed by atoms with Crippen molar-refractivity contribution in [2.24, 2.45) is 0 Å². The van der Waals surface area contributed by atoms with Gasteiger partial charge in [-0.2, -0.15) is 0 Å². The normalized spacial score (nSPS) is 13.8. The molecule has 2 aromatic rings. The molecule has 28 heavy (non-hydrogen) atoms. The summed E-state index contributed by atoms with van der Waals surface area (Å²) in [5.41, 5.74) is 8.32. The monoisotopic (exact) mass is 426 g/mol. The van der Waals surface area contributed by atoms with E-state index in [1.54, 1.807) is 25.3 Å². The molecule has 1 amide bonds. The topological polar surface area (TPSA) is 70.8 Å². The standard InChI is InChI=1S/C20H26N4O2.2ClH/c1-26-17-7-8-18(21)19(15-17)22-20(25)9-10-23-11-13-24(14-12-23)16-5-3-2-4-6-16;;/h2-8,15H,9-14,21H2,1H3,(H,22,25);2*1H. The van der Waals surface area contributed by atoms with Crippen molar-refractivity contribution in [1.29, 1.82) is 0 Å². The number of nitrogen functional groups attached to an aromatic ring is 1. The summed E-state index contributed by atoms with van der Waals surface area (Å²) in [6.07, 6.45) is 0.446. The molecule has 0 aromatic heterocycles. The van der Waals surface area contributed by atoms with Crippen molar-refractivity contribution in [2.75, 3.05) is 55.8 Å². The highest BCUT2D eigenvalue weighted by atomic mass is 35.5. The third-order valence-corrected chi connectivity index (χ3v) is 4.68. The van der Waals surface area contributed by atoms with Gasteiger partial charge in [0.2, 0.25) is 5.91 Å².